The van der Waals surface area contributed by atoms with Gasteiger partial charge in [-0.05, 0) is 24.5 Å². The van der Waals surface area contributed by atoms with E-state index in [1.54, 1.807) is 0 Å². The minimum atomic E-state index is 0.674. The molecule has 1 aromatic carbocycles. The summed E-state index contributed by atoms with van der Waals surface area (Å²) >= 11 is 0. The number of fused-ring (bicyclic) bond motifs is 1. The van der Waals surface area contributed by atoms with Crippen molar-refractivity contribution in [2.24, 2.45) is 0 Å². The quantitative estimate of drug-likeness (QED) is 0.643. The van der Waals surface area contributed by atoms with E-state index in [4.69, 9.17) is 0 Å². The van der Waals surface area contributed by atoms with E-state index in [9.17, 15) is 0 Å². The monoisotopic (exact) mass is 147 g/mol. The van der Waals surface area contributed by atoms with Gasteiger partial charge in [-0.15, -0.1) is 0 Å². The van der Waals surface area contributed by atoms with E-state index in [0.717, 1.165) is 0 Å². The molecule has 1 heterocycles. The standard InChI is InChI=1S/C10H13N/c1-2-9-7-8-5-3-4-6-10(8)11-9/h3-6,9,11H,2,7H2,1H3/t9-/m1/s1. The number of para-hydroxylation sites is 1. The fourth-order valence-corrected chi connectivity index (χ4v) is 1.62. The van der Waals surface area contributed by atoms with Crippen molar-refractivity contribution >= 4 is 5.69 Å². The lowest BCUT2D eigenvalue weighted by Gasteiger charge is -2.05. The first-order valence-electron chi connectivity index (χ1n) is 4.24. The maximum atomic E-state index is 3.48. The van der Waals surface area contributed by atoms with Gasteiger partial charge >= 0.3 is 0 Å². The SMILES string of the molecule is CC[C@@H]1Cc2ccccc2N1. The molecule has 0 aromatic heterocycles. The molecule has 1 nitrogen and oxygen atoms in total. The minimum absolute atomic E-state index is 0.674. The molecule has 2 rings (SSSR count). The number of hydrogen-bond acceptors (Lipinski definition) is 1. The molecule has 11 heavy (non-hydrogen) atoms. The Labute approximate surface area is 67.4 Å². The van der Waals surface area contributed by atoms with Crippen molar-refractivity contribution in [2.75, 3.05) is 5.32 Å². The second-order valence-corrected chi connectivity index (χ2v) is 3.11. The first-order chi connectivity index (χ1) is 5.40. The van der Waals surface area contributed by atoms with Crippen molar-refractivity contribution in [1.82, 2.24) is 0 Å². The van der Waals surface area contributed by atoms with Crippen LogP contribution >= 0.6 is 0 Å². The lowest BCUT2D eigenvalue weighted by Crippen LogP contribution is -2.12. The van der Waals surface area contributed by atoms with Crippen LogP contribution in [-0.2, 0) is 6.42 Å². The number of hydrogen-bond donors (Lipinski definition) is 1. The minimum Gasteiger partial charge on any atom is -0.382 e. The zero-order valence-electron chi connectivity index (χ0n) is 6.80. The van der Waals surface area contributed by atoms with Crippen molar-refractivity contribution in [3.05, 3.63) is 29.8 Å². The Morgan fingerprint density at radius 3 is 3.00 bits per heavy atom. The summed E-state index contributed by atoms with van der Waals surface area (Å²) in [5.41, 5.74) is 2.80. The van der Waals surface area contributed by atoms with E-state index in [0.29, 0.717) is 6.04 Å². The molecule has 1 aliphatic heterocycles. The fraction of sp³-hybridized carbons (Fsp3) is 0.400. The van der Waals surface area contributed by atoms with Gasteiger partial charge < -0.3 is 5.32 Å². The molecular formula is C10H13N. The summed E-state index contributed by atoms with van der Waals surface area (Å²) < 4.78 is 0. The van der Waals surface area contributed by atoms with E-state index in [-0.39, 0.29) is 0 Å². The predicted molar refractivity (Wildman–Crippen MR) is 47.8 cm³/mol. The summed E-state index contributed by atoms with van der Waals surface area (Å²) in [4.78, 5) is 0. The molecule has 1 heteroatoms. The predicted octanol–water partition coefficient (Wildman–Crippen LogP) is 2.43. The summed E-state index contributed by atoms with van der Waals surface area (Å²) in [5, 5.41) is 3.48. The van der Waals surface area contributed by atoms with Gasteiger partial charge in [0.25, 0.3) is 0 Å². The average molecular weight is 147 g/mol. The molecule has 0 radical (unpaired) electrons. The Balaban J connectivity index is 2.27. The number of anilines is 1. The van der Waals surface area contributed by atoms with Crippen LogP contribution in [0.25, 0.3) is 0 Å². The van der Waals surface area contributed by atoms with Gasteiger partial charge in [0, 0.05) is 11.7 Å². The molecular weight excluding hydrogens is 134 g/mol. The van der Waals surface area contributed by atoms with Gasteiger partial charge in [-0.3, -0.25) is 0 Å². The number of nitrogens with one attached hydrogen (secondary N) is 1. The molecule has 1 aromatic rings. The highest BCUT2D eigenvalue weighted by molar-refractivity contribution is 5.56. The zero-order chi connectivity index (χ0) is 7.68. The normalized spacial score (nSPS) is 21.0. The highest BCUT2D eigenvalue weighted by Crippen LogP contribution is 2.25. The lowest BCUT2D eigenvalue weighted by molar-refractivity contribution is 0.723. The molecule has 0 fully saturated rings. The molecule has 0 amide bonds. The Morgan fingerprint density at radius 1 is 1.45 bits per heavy atom. The third-order valence-electron chi connectivity index (χ3n) is 2.34. The molecule has 1 aliphatic rings. The van der Waals surface area contributed by atoms with Gasteiger partial charge in [-0.1, -0.05) is 25.1 Å². The molecule has 0 bridgehead atoms. The van der Waals surface area contributed by atoms with Gasteiger partial charge in [-0.2, -0.15) is 0 Å². The van der Waals surface area contributed by atoms with Crippen LogP contribution in [-0.4, -0.2) is 6.04 Å². The van der Waals surface area contributed by atoms with Crippen LogP contribution < -0.4 is 5.32 Å². The van der Waals surface area contributed by atoms with Gasteiger partial charge in [0.05, 0.1) is 0 Å². The molecule has 0 aliphatic carbocycles. The molecule has 1 N–H and O–H groups in total. The summed E-state index contributed by atoms with van der Waals surface area (Å²) in [6, 6.07) is 9.23. The molecule has 0 spiro atoms. The third-order valence-corrected chi connectivity index (χ3v) is 2.34. The second-order valence-electron chi connectivity index (χ2n) is 3.11. The highest BCUT2D eigenvalue weighted by Gasteiger charge is 2.17. The number of benzene rings is 1. The smallest absolute Gasteiger partial charge is 0.0375 e. The van der Waals surface area contributed by atoms with Crippen molar-refractivity contribution in [3.63, 3.8) is 0 Å². The van der Waals surface area contributed by atoms with Crippen molar-refractivity contribution < 1.29 is 0 Å². The van der Waals surface area contributed by atoms with Crippen molar-refractivity contribution in [3.8, 4) is 0 Å². The summed E-state index contributed by atoms with van der Waals surface area (Å²) in [5.74, 6) is 0. The van der Waals surface area contributed by atoms with Crippen molar-refractivity contribution in [1.29, 1.82) is 0 Å². The third kappa shape index (κ3) is 1.11. The maximum absolute atomic E-state index is 3.48. The van der Waals surface area contributed by atoms with E-state index < -0.39 is 0 Å². The lowest BCUT2D eigenvalue weighted by atomic mass is 10.1. The first-order valence-corrected chi connectivity index (χ1v) is 4.24. The second kappa shape index (κ2) is 2.57. The van der Waals surface area contributed by atoms with E-state index in [1.807, 2.05) is 0 Å². The van der Waals surface area contributed by atoms with Gasteiger partial charge in [0.15, 0.2) is 0 Å². The largest absolute Gasteiger partial charge is 0.382 e. The van der Waals surface area contributed by atoms with Crippen LogP contribution in [0, 0.1) is 0 Å². The van der Waals surface area contributed by atoms with Crippen LogP contribution in [0.15, 0.2) is 24.3 Å². The number of rotatable bonds is 1. The van der Waals surface area contributed by atoms with E-state index in [1.165, 1.54) is 24.1 Å². The van der Waals surface area contributed by atoms with Crippen LogP contribution in [0.2, 0.25) is 0 Å². The molecule has 58 valence electrons. The van der Waals surface area contributed by atoms with Crippen LogP contribution in [0.3, 0.4) is 0 Å². The molecule has 0 saturated carbocycles. The molecule has 0 unspecified atom stereocenters. The maximum Gasteiger partial charge on any atom is 0.0375 e. The topological polar surface area (TPSA) is 12.0 Å². The Morgan fingerprint density at radius 2 is 2.27 bits per heavy atom. The van der Waals surface area contributed by atoms with Crippen LogP contribution in [0.4, 0.5) is 5.69 Å². The molecule has 0 saturated heterocycles. The van der Waals surface area contributed by atoms with Crippen LogP contribution in [0.5, 0.6) is 0 Å². The Bertz CT molecular complexity index is 230. The fourth-order valence-electron chi connectivity index (χ4n) is 1.62. The van der Waals surface area contributed by atoms with E-state index >= 15 is 0 Å². The first kappa shape index (κ1) is 6.71. The molecule has 1 atom stereocenters. The van der Waals surface area contributed by atoms with Crippen LogP contribution in [0.1, 0.15) is 18.9 Å². The van der Waals surface area contributed by atoms with Crippen molar-refractivity contribution in [2.45, 2.75) is 25.8 Å². The Hall–Kier alpha value is -0.980. The Kier molecular flexibility index (Phi) is 1.57. The van der Waals surface area contributed by atoms with E-state index in [2.05, 4.69) is 36.5 Å². The van der Waals surface area contributed by atoms with Gasteiger partial charge in [0.2, 0.25) is 0 Å². The van der Waals surface area contributed by atoms with Gasteiger partial charge in [-0.25, -0.2) is 0 Å². The summed E-state index contributed by atoms with van der Waals surface area (Å²) in [7, 11) is 0. The summed E-state index contributed by atoms with van der Waals surface area (Å²) in [6.07, 6.45) is 2.42. The summed E-state index contributed by atoms with van der Waals surface area (Å²) in [6.45, 7) is 2.23. The zero-order valence-corrected chi connectivity index (χ0v) is 6.80. The highest BCUT2D eigenvalue weighted by atomic mass is 14.9. The average Bonchev–Trinajstić information content (AvgIpc) is 2.46. The van der Waals surface area contributed by atoms with Gasteiger partial charge in [0.1, 0.15) is 0 Å².